The van der Waals surface area contributed by atoms with Gasteiger partial charge in [0.2, 0.25) is 5.91 Å². The molecule has 1 aromatic rings. The van der Waals surface area contributed by atoms with Gasteiger partial charge in [0.15, 0.2) is 9.84 Å². The Hall–Kier alpha value is -1.93. The van der Waals surface area contributed by atoms with Crippen molar-refractivity contribution in [2.24, 2.45) is 11.7 Å². The summed E-state index contributed by atoms with van der Waals surface area (Å²) >= 11 is 0. The molecule has 1 aromatic carbocycles. The summed E-state index contributed by atoms with van der Waals surface area (Å²) in [5.41, 5.74) is 7.20. The third-order valence-electron chi connectivity index (χ3n) is 6.55. The number of likely N-dealkylation sites (N-methyl/N-ethyl adjacent to an activating group) is 1. The molecule has 3 N–H and O–H groups in total. The molecule has 0 bridgehead atoms. The molecule has 2 fully saturated rings. The molecule has 0 radical (unpaired) electrons. The van der Waals surface area contributed by atoms with E-state index < -0.39 is 15.9 Å². The van der Waals surface area contributed by atoms with Crippen LogP contribution in [0.4, 0.5) is 0 Å². The van der Waals surface area contributed by atoms with Crippen molar-refractivity contribution in [3.05, 3.63) is 35.4 Å². The van der Waals surface area contributed by atoms with E-state index in [9.17, 15) is 18.0 Å². The zero-order valence-electron chi connectivity index (χ0n) is 17.8. The van der Waals surface area contributed by atoms with Crippen molar-refractivity contribution in [3.63, 3.8) is 0 Å². The topological polar surface area (TPSA) is 110 Å². The summed E-state index contributed by atoms with van der Waals surface area (Å²) in [4.78, 5) is 27.2. The molecule has 0 spiro atoms. The number of amides is 2. The number of carbonyl (C=O) groups is 2. The quantitative estimate of drug-likeness (QED) is 0.679. The lowest BCUT2D eigenvalue weighted by Gasteiger charge is -2.39. The van der Waals surface area contributed by atoms with Gasteiger partial charge in [0.05, 0.1) is 11.8 Å². The number of nitrogens with zero attached hydrogens (tertiary/aromatic N) is 1. The van der Waals surface area contributed by atoms with Crippen LogP contribution >= 0.6 is 0 Å². The highest BCUT2D eigenvalue weighted by atomic mass is 32.2. The molecule has 1 atom stereocenters. The fraction of sp³-hybridized carbons (Fsp3) is 0.636. The van der Waals surface area contributed by atoms with Gasteiger partial charge in [0, 0.05) is 31.0 Å². The Labute approximate surface area is 179 Å². The van der Waals surface area contributed by atoms with Gasteiger partial charge in [-0.05, 0) is 62.5 Å². The SMILES string of the molecule is CN(C(=O)[C@@H](N)C1CCC(NC(=O)c2ccccc2CS(C)(=O)=O)CC1)C1CCC1. The molecule has 0 heterocycles. The summed E-state index contributed by atoms with van der Waals surface area (Å²) in [6.07, 6.45) is 7.58. The van der Waals surface area contributed by atoms with Crippen LogP contribution in [-0.4, -0.2) is 56.6 Å². The van der Waals surface area contributed by atoms with Crippen LogP contribution in [-0.2, 0) is 20.4 Å². The van der Waals surface area contributed by atoms with Gasteiger partial charge >= 0.3 is 0 Å². The second-order valence-electron chi connectivity index (χ2n) is 8.87. The Morgan fingerprint density at radius 2 is 1.77 bits per heavy atom. The average Bonchev–Trinajstić information content (AvgIpc) is 2.65. The van der Waals surface area contributed by atoms with Crippen LogP contribution < -0.4 is 11.1 Å². The van der Waals surface area contributed by atoms with Crippen molar-refractivity contribution in [2.45, 2.75) is 68.8 Å². The van der Waals surface area contributed by atoms with E-state index >= 15 is 0 Å². The number of benzene rings is 1. The van der Waals surface area contributed by atoms with Gasteiger partial charge in [-0.3, -0.25) is 9.59 Å². The van der Waals surface area contributed by atoms with Crippen LogP contribution in [0.2, 0.25) is 0 Å². The number of hydrogen-bond donors (Lipinski definition) is 2. The van der Waals surface area contributed by atoms with E-state index in [0.29, 0.717) is 17.2 Å². The fourth-order valence-electron chi connectivity index (χ4n) is 4.43. The van der Waals surface area contributed by atoms with Gasteiger partial charge in [0.25, 0.3) is 5.91 Å². The zero-order chi connectivity index (χ0) is 21.9. The van der Waals surface area contributed by atoms with E-state index in [4.69, 9.17) is 5.73 Å². The molecular formula is C22H33N3O4S. The molecule has 3 rings (SSSR count). The maximum Gasteiger partial charge on any atom is 0.251 e. The maximum atomic E-state index is 12.8. The number of rotatable bonds is 7. The average molecular weight is 436 g/mol. The molecule has 2 amide bonds. The summed E-state index contributed by atoms with van der Waals surface area (Å²) in [6, 6.07) is 6.67. The van der Waals surface area contributed by atoms with Crippen molar-refractivity contribution in [1.29, 1.82) is 0 Å². The second kappa shape index (κ2) is 9.47. The Bertz CT molecular complexity index is 874. The van der Waals surface area contributed by atoms with Gasteiger partial charge in [-0.15, -0.1) is 0 Å². The molecule has 7 nitrogen and oxygen atoms in total. The maximum absolute atomic E-state index is 12.8. The zero-order valence-corrected chi connectivity index (χ0v) is 18.7. The summed E-state index contributed by atoms with van der Waals surface area (Å²) in [7, 11) is -1.38. The summed E-state index contributed by atoms with van der Waals surface area (Å²) in [5.74, 6) is -0.246. The van der Waals surface area contributed by atoms with Gasteiger partial charge < -0.3 is 16.0 Å². The van der Waals surface area contributed by atoms with E-state index in [1.165, 1.54) is 6.42 Å². The summed E-state index contributed by atoms with van der Waals surface area (Å²) in [5, 5.41) is 3.04. The van der Waals surface area contributed by atoms with Crippen molar-refractivity contribution in [2.75, 3.05) is 13.3 Å². The van der Waals surface area contributed by atoms with E-state index in [1.807, 2.05) is 11.9 Å². The van der Waals surface area contributed by atoms with Crippen LogP contribution in [0, 0.1) is 5.92 Å². The van der Waals surface area contributed by atoms with E-state index in [0.717, 1.165) is 44.8 Å². The molecule has 2 saturated carbocycles. The third-order valence-corrected chi connectivity index (χ3v) is 7.39. The molecule has 0 unspecified atom stereocenters. The molecular weight excluding hydrogens is 402 g/mol. The molecule has 0 aromatic heterocycles. The number of nitrogens with one attached hydrogen (secondary N) is 1. The first-order valence-electron chi connectivity index (χ1n) is 10.7. The minimum atomic E-state index is -3.23. The van der Waals surface area contributed by atoms with Crippen LogP contribution in [0.15, 0.2) is 24.3 Å². The number of nitrogens with two attached hydrogens (primary N) is 1. The lowest BCUT2D eigenvalue weighted by Crippen LogP contribution is -2.52. The van der Waals surface area contributed by atoms with Gasteiger partial charge in [-0.2, -0.15) is 0 Å². The molecule has 2 aliphatic rings. The molecule has 2 aliphatic carbocycles. The Morgan fingerprint density at radius 1 is 1.13 bits per heavy atom. The highest BCUT2D eigenvalue weighted by molar-refractivity contribution is 7.89. The summed E-state index contributed by atoms with van der Waals surface area (Å²) in [6.45, 7) is 0. The molecule has 0 aliphatic heterocycles. The monoisotopic (exact) mass is 435 g/mol. The van der Waals surface area contributed by atoms with Crippen molar-refractivity contribution in [3.8, 4) is 0 Å². The van der Waals surface area contributed by atoms with Gasteiger partial charge in [-0.25, -0.2) is 8.42 Å². The summed E-state index contributed by atoms with van der Waals surface area (Å²) < 4.78 is 23.3. The highest BCUT2D eigenvalue weighted by Crippen LogP contribution is 2.29. The minimum Gasteiger partial charge on any atom is -0.349 e. The van der Waals surface area contributed by atoms with Crippen LogP contribution in [0.3, 0.4) is 0 Å². The van der Waals surface area contributed by atoms with Crippen LogP contribution in [0.25, 0.3) is 0 Å². The normalized spacial score (nSPS) is 23.3. The standard InChI is InChI=1S/C22H33N3O4S/c1-25(18-7-5-8-18)22(27)20(23)15-10-12-17(13-11-15)24-21(26)19-9-4-3-6-16(19)14-30(2,28)29/h3-4,6,9,15,17-18,20H,5,7-8,10-14,23H2,1-2H3,(H,24,26)/t15?,17?,20-/m0/s1. The number of carbonyl (C=O) groups excluding carboxylic acids is 2. The number of sulfone groups is 1. The van der Waals surface area contributed by atoms with Gasteiger partial charge in [0.1, 0.15) is 0 Å². The molecule has 166 valence electrons. The molecule has 0 saturated heterocycles. The van der Waals surface area contributed by atoms with Crippen molar-refractivity contribution in [1.82, 2.24) is 10.2 Å². The van der Waals surface area contributed by atoms with Crippen LogP contribution in [0.5, 0.6) is 0 Å². The first-order chi connectivity index (χ1) is 14.2. The first-order valence-corrected chi connectivity index (χ1v) is 12.8. The second-order valence-corrected chi connectivity index (χ2v) is 11.0. The van der Waals surface area contributed by atoms with E-state index in [1.54, 1.807) is 24.3 Å². The van der Waals surface area contributed by atoms with Crippen LogP contribution in [0.1, 0.15) is 60.9 Å². The van der Waals surface area contributed by atoms with E-state index in [2.05, 4.69) is 5.32 Å². The lowest BCUT2D eigenvalue weighted by atomic mass is 9.80. The van der Waals surface area contributed by atoms with E-state index in [-0.39, 0.29) is 29.5 Å². The fourth-order valence-corrected chi connectivity index (χ4v) is 5.24. The largest absolute Gasteiger partial charge is 0.349 e. The molecule has 8 heteroatoms. The van der Waals surface area contributed by atoms with Crippen molar-refractivity contribution < 1.29 is 18.0 Å². The Kier molecular flexibility index (Phi) is 7.18. The Balaban J connectivity index is 1.53. The third kappa shape index (κ3) is 5.60. The lowest BCUT2D eigenvalue weighted by molar-refractivity contribution is -0.136. The van der Waals surface area contributed by atoms with Crippen molar-refractivity contribution >= 4 is 21.7 Å². The number of hydrogen-bond acceptors (Lipinski definition) is 5. The first kappa shape index (κ1) is 22.7. The minimum absolute atomic E-state index is 0.00621. The highest BCUT2D eigenvalue weighted by Gasteiger charge is 2.34. The predicted octanol–water partition coefficient (Wildman–Crippen LogP) is 1.86. The van der Waals surface area contributed by atoms with Gasteiger partial charge in [-0.1, -0.05) is 18.2 Å². The predicted molar refractivity (Wildman–Crippen MR) is 117 cm³/mol. The molecule has 30 heavy (non-hydrogen) atoms. The Morgan fingerprint density at radius 3 is 2.33 bits per heavy atom. The smallest absolute Gasteiger partial charge is 0.251 e.